The minimum absolute atomic E-state index is 0.0266. The summed E-state index contributed by atoms with van der Waals surface area (Å²) in [4.78, 5) is 31.7. The zero-order valence-electron chi connectivity index (χ0n) is 24.9. The lowest BCUT2D eigenvalue weighted by atomic mass is 9.82. The molecule has 0 radical (unpaired) electrons. The smallest absolute Gasteiger partial charge is 0.239 e. The fraction of sp³-hybridized carbons (Fsp3) is 0.588. The topological polar surface area (TPSA) is 66.6 Å². The molecule has 1 saturated carbocycles. The summed E-state index contributed by atoms with van der Waals surface area (Å²) in [5.41, 5.74) is 10.9. The van der Waals surface area contributed by atoms with Gasteiger partial charge in [-0.25, -0.2) is 0 Å². The first-order valence-corrected chi connectivity index (χ1v) is 15.6. The third-order valence-electron chi connectivity index (χ3n) is 9.08. The number of halogens is 1. The van der Waals surface area contributed by atoms with Gasteiger partial charge in [0.1, 0.15) is 0 Å². The standard InChI is InChI=1S/C34H48ClN3O2/c1-24-12-15-27(25(2)21-24)9-8-19-34(3,4)33(40)38(29-10-6-5-7-11-29)30-18-20-37(23-30)32(39)31(36)22-26-13-16-28(35)17-14-26/h12-17,21,29-31H,5-11,18-20,22-23,36H2,1-4H3. The third kappa shape index (κ3) is 7.67. The second-order valence-corrected chi connectivity index (χ2v) is 13.3. The summed E-state index contributed by atoms with van der Waals surface area (Å²) in [6.45, 7) is 9.77. The highest BCUT2D eigenvalue weighted by Crippen LogP contribution is 2.34. The van der Waals surface area contributed by atoms with Crippen LogP contribution in [0.15, 0.2) is 42.5 Å². The molecular weight excluding hydrogens is 518 g/mol. The van der Waals surface area contributed by atoms with Gasteiger partial charge in [-0.3, -0.25) is 9.59 Å². The number of amides is 2. The van der Waals surface area contributed by atoms with E-state index in [4.69, 9.17) is 17.3 Å². The van der Waals surface area contributed by atoms with Gasteiger partial charge in [0.25, 0.3) is 0 Å². The molecule has 2 fully saturated rings. The predicted molar refractivity (Wildman–Crippen MR) is 164 cm³/mol. The number of carbonyl (C=O) groups is 2. The maximum absolute atomic E-state index is 14.3. The first-order valence-electron chi connectivity index (χ1n) is 15.2. The molecule has 2 amide bonds. The molecule has 2 aromatic rings. The number of hydrogen-bond acceptors (Lipinski definition) is 3. The van der Waals surface area contributed by atoms with E-state index in [0.29, 0.717) is 24.5 Å². The van der Waals surface area contributed by atoms with Crippen LogP contribution >= 0.6 is 11.6 Å². The monoisotopic (exact) mass is 565 g/mol. The van der Waals surface area contributed by atoms with Gasteiger partial charge >= 0.3 is 0 Å². The van der Waals surface area contributed by atoms with Gasteiger partial charge in [-0.2, -0.15) is 0 Å². The van der Waals surface area contributed by atoms with Gasteiger partial charge in [0.05, 0.1) is 12.1 Å². The number of nitrogens with zero attached hydrogens (tertiary/aromatic N) is 2. The fourth-order valence-corrected chi connectivity index (χ4v) is 6.78. The number of benzene rings is 2. The molecule has 0 bridgehead atoms. The first-order chi connectivity index (χ1) is 19.0. The molecule has 2 aromatic carbocycles. The SMILES string of the molecule is Cc1ccc(CCCC(C)(C)C(=O)N(C2CCCCC2)C2CCN(C(=O)C(N)Cc3ccc(Cl)cc3)C2)c(C)c1. The van der Waals surface area contributed by atoms with E-state index < -0.39 is 11.5 Å². The summed E-state index contributed by atoms with van der Waals surface area (Å²) in [5.74, 6) is 0.228. The molecule has 1 aliphatic heterocycles. The molecule has 40 heavy (non-hydrogen) atoms. The largest absolute Gasteiger partial charge is 0.339 e. The number of carbonyl (C=O) groups excluding carboxylic acids is 2. The average Bonchev–Trinajstić information content (AvgIpc) is 3.41. The Hall–Kier alpha value is -2.37. The number of hydrogen-bond donors (Lipinski definition) is 1. The highest BCUT2D eigenvalue weighted by Gasteiger charge is 2.42. The van der Waals surface area contributed by atoms with Crippen molar-refractivity contribution in [3.63, 3.8) is 0 Å². The molecule has 1 aliphatic carbocycles. The van der Waals surface area contributed by atoms with E-state index in [-0.39, 0.29) is 23.9 Å². The van der Waals surface area contributed by atoms with E-state index in [1.807, 2.05) is 29.2 Å². The molecule has 0 aromatic heterocycles. The fourth-order valence-electron chi connectivity index (χ4n) is 6.66. The van der Waals surface area contributed by atoms with Crippen molar-refractivity contribution in [1.82, 2.24) is 9.80 Å². The summed E-state index contributed by atoms with van der Waals surface area (Å²) >= 11 is 6.01. The highest BCUT2D eigenvalue weighted by molar-refractivity contribution is 6.30. The second kappa shape index (κ2) is 13.5. The third-order valence-corrected chi connectivity index (χ3v) is 9.33. The van der Waals surface area contributed by atoms with E-state index in [0.717, 1.165) is 44.1 Å². The summed E-state index contributed by atoms with van der Waals surface area (Å²) in [7, 11) is 0. The zero-order chi connectivity index (χ0) is 28.9. The van der Waals surface area contributed by atoms with Crippen molar-refractivity contribution < 1.29 is 9.59 Å². The lowest BCUT2D eigenvalue weighted by Gasteiger charge is -2.43. The van der Waals surface area contributed by atoms with Crippen molar-refractivity contribution >= 4 is 23.4 Å². The lowest BCUT2D eigenvalue weighted by molar-refractivity contribution is -0.147. The maximum atomic E-state index is 14.3. The van der Waals surface area contributed by atoms with Crippen molar-refractivity contribution in [3.05, 3.63) is 69.7 Å². The van der Waals surface area contributed by atoms with Gasteiger partial charge < -0.3 is 15.5 Å². The Balaban J connectivity index is 1.41. The summed E-state index contributed by atoms with van der Waals surface area (Å²) in [5, 5.41) is 0.673. The molecule has 2 atom stereocenters. The molecule has 2 unspecified atom stereocenters. The Labute approximate surface area is 246 Å². The van der Waals surface area contributed by atoms with Crippen molar-refractivity contribution in [3.8, 4) is 0 Å². The van der Waals surface area contributed by atoms with E-state index in [1.54, 1.807) is 0 Å². The van der Waals surface area contributed by atoms with Gasteiger partial charge in [0, 0.05) is 29.6 Å². The lowest BCUT2D eigenvalue weighted by Crippen LogP contribution is -2.54. The van der Waals surface area contributed by atoms with Crippen LogP contribution in [0.2, 0.25) is 5.02 Å². The quantitative estimate of drug-likeness (QED) is 0.351. The van der Waals surface area contributed by atoms with Crippen LogP contribution in [0.25, 0.3) is 0 Å². The first kappa shape index (κ1) is 30.6. The number of rotatable bonds is 10. The Morgan fingerprint density at radius 3 is 2.40 bits per heavy atom. The second-order valence-electron chi connectivity index (χ2n) is 12.8. The number of nitrogens with two attached hydrogens (primary N) is 1. The highest BCUT2D eigenvalue weighted by atomic mass is 35.5. The van der Waals surface area contributed by atoms with Crippen LogP contribution < -0.4 is 5.73 Å². The molecular formula is C34H48ClN3O2. The Morgan fingerprint density at radius 2 is 1.73 bits per heavy atom. The van der Waals surface area contributed by atoms with Gasteiger partial charge in [-0.05, 0) is 87.6 Å². The molecule has 4 rings (SSSR count). The molecule has 1 saturated heterocycles. The normalized spacial score (nSPS) is 19.1. The summed E-state index contributed by atoms with van der Waals surface area (Å²) < 4.78 is 0. The van der Waals surface area contributed by atoms with Crippen molar-refractivity contribution in [1.29, 1.82) is 0 Å². The zero-order valence-corrected chi connectivity index (χ0v) is 25.7. The van der Waals surface area contributed by atoms with Crippen LogP contribution in [0.4, 0.5) is 0 Å². The summed E-state index contributed by atoms with van der Waals surface area (Å²) in [6.07, 6.45) is 9.83. The van der Waals surface area contributed by atoms with Crippen LogP contribution in [0.5, 0.6) is 0 Å². The Kier molecular flexibility index (Phi) is 10.3. The number of likely N-dealkylation sites (tertiary alicyclic amines) is 1. The van der Waals surface area contributed by atoms with Crippen LogP contribution in [-0.2, 0) is 22.4 Å². The molecule has 1 heterocycles. The van der Waals surface area contributed by atoms with Crippen molar-refractivity contribution in [2.75, 3.05) is 13.1 Å². The van der Waals surface area contributed by atoms with E-state index in [2.05, 4.69) is 50.8 Å². The average molecular weight is 566 g/mol. The molecule has 2 aliphatic rings. The van der Waals surface area contributed by atoms with E-state index in [1.165, 1.54) is 36.0 Å². The van der Waals surface area contributed by atoms with Crippen LogP contribution in [-0.4, -0.2) is 52.8 Å². The summed E-state index contributed by atoms with van der Waals surface area (Å²) in [6, 6.07) is 13.9. The molecule has 5 nitrogen and oxygen atoms in total. The van der Waals surface area contributed by atoms with Crippen LogP contribution in [0.1, 0.15) is 87.5 Å². The van der Waals surface area contributed by atoms with E-state index in [9.17, 15) is 9.59 Å². The molecule has 0 spiro atoms. The van der Waals surface area contributed by atoms with E-state index >= 15 is 0 Å². The molecule has 218 valence electrons. The predicted octanol–water partition coefficient (Wildman–Crippen LogP) is 6.64. The van der Waals surface area contributed by atoms with Crippen LogP contribution in [0.3, 0.4) is 0 Å². The molecule has 2 N–H and O–H groups in total. The minimum atomic E-state index is -0.597. The van der Waals surface area contributed by atoms with Gasteiger partial charge in [-0.1, -0.05) is 80.6 Å². The van der Waals surface area contributed by atoms with Crippen molar-refractivity contribution in [2.24, 2.45) is 11.1 Å². The minimum Gasteiger partial charge on any atom is -0.339 e. The Morgan fingerprint density at radius 1 is 1.02 bits per heavy atom. The van der Waals surface area contributed by atoms with Gasteiger partial charge in [0.15, 0.2) is 0 Å². The van der Waals surface area contributed by atoms with Gasteiger partial charge in [-0.15, -0.1) is 0 Å². The van der Waals surface area contributed by atoms with Gasteiger partial charge in [0.2, 0.25) is 11.8 Å². The van der Waals surface area contributed by atoms with Crippen molar-refractivity contribution in [2.45, 2.75) is 110 Å². The van der Waals surface area contributed by atoms with Crippen LogP contribution in [0, 0.1) is 19.3 Å². The maximum Gasteiger partial charge on any atom is 0.239 e. The number of aryl methyl sites for hydroxylation is 3. The molecule has 6 heteroatoms. The Bertz CT molecular complexity index is 1160.